The Morgan fingerprint density at radius 2 is 1.62 bits per heavy atom. The molecule has 0 saturated heterocycles. The van der Waals surface area contributed by atoms with E-state index in [0.29, 0.717) is 11.0 Å². The van der Waals surface area contributed by atoms with Crippen molar-refractivity contribution in [1.82, 2.24) is 19.9 Å². The number of hydrogen-bond donors (Lipinski definition) is 1. The summed E-state index contributed by atoms with van der Waals surface area (Å²) < 4.78 is 28.2. The maximum absolute atomic E-state index is 14.1. The number of ketones is 1. The summed E-state index contributed by atoms with van der Waals surface area (Å²) in [5.41, 5.74) is 3.09. The Hall–Kier alpha value is -4.00. The van der Waals surface area contributed by atoms with E-state index in [-0.39, 0.29) is 5.56 Å². The van der Waals surface area contributed by atoms with Crippen LogP contribution in [-0.4, -0.2) is 25.7 Å². The first-order valence-corrected chi connectivity index (χ1v) is 8.79. The standard InChI is InChI=1S/C22H12F2N4O/c23-16-2-1-3-17(24)20(16)21(29)15-11-28-22-14(15)8-13(10-27-22)12-4-5-18-19(9-12)26-7-6-25-18/h1-11H,(H,27,28). The SMILES string of the molecule is O=C(c1c(F)cccc1F)c1c[nH]c2ncc(-c3ccc4nccnc4c3)cc12. The molecule has 0 unspecified atom stereocenters. The summed E-state index contributed by atoms with van der Waals surface area (Å²) >= 11 is 0. The quantitative estimate of drug-likeness (QED) is 0.457. The lowest BCUT2D eigenvalue weighted by atomic mass is 10.00. The van der Waals surface area contributed by atoms with Gasteiger partial charge in [-0.15, -0.1) is 0 Å². The molecule has 2 aromatic carbocycles. The molecule has 0 aliphatic carbocycles. The van der Waals surface area contributed by atoms with Crippen molar-refractivity contribution in [1.29, 1.82) is 0 Å². The van der Waals surface area contributed by atoms with Gasteiger partial charge in [-0.2, -0.15) is 0 Å². The highest BCUT2D eigenvalue weighted by Crippen LogP contribution is 2.28. The zero-order valence-electron chi connectivity index (χ0n) is 14.9. The molecule has 29 heavy (non-hydrogen) atoms. The van der Waals surface area contributed by atoms with Gasteiger partial charge in [0.05, 0.1) is 16.6 Å². The van der Waals surface area contributed by atoms with E-state index in [1.54, 1.807) is 24.7 Å². The van der Waals surface area contributed by atoms with Gasteiger partial charge in [-0.3, -0.25) is 14.8 Å². The summed E-state index contributed by atoms with van der Waals surface area (Å²) in [7, 11) is 0. The first-order chi connectivity index (χ1) is 14.1. The number of aromatic nitrogens is 4. The lowest BCUT2D eigenvalue weighted by molar-refractivity contribution is 0.103. The fourth-order valence-corrected chi connectivity index (χ4v) is 3.34. The number of pyridine rings is 1. The molecule has 5 nitrogen and oxygen atoms in total. The average molecular weight is 386 g/mol. The van der Waals surface area contributed by atoms with Crippen LogP contribution in [0.4, 0.5) is 8.78 Å². The van der Waals surface area contributed by atoms with Crippen LogP contribution in [0.15, 0.2) is 67.3 Å². The molecular weight excluding hydrogens is 374 g/mol. The van der Waals surface area contributed by atoms with Crippen LogP contribution in [0.5, 0.6) is 0 Å². The van der Waals surface area contributed by atoms with Gasteiger partial charge in [-0.25, -0.2) is 13.8 Å². The Balaban J connectivity index is 1.64. The Morgan fingerprint density at radius 1 is 0.862 bits per heavy atom. The van der Waals surface area contributed by atoms with Gasteiger partial charge in [0.1, 0.15) is 17.3 Å². The molecule has 0 saturated carbocycles. The van der Waals surface area contributed by atoms with E-state index < -0.39 is 23.0 Å². The van der Waals surface area contributed by atoms with Gasteiger partial charge in [0.15, 0.2) is 0 Å². The maximum Gasteiger partial charge on any atom is 0.201 e. The molecule has 0 bridgehead atoms. The van der Waals surface area contributed by atoms with E-state index in [4.69, 9.17) is 0 Å². The number of hydrogen-bond acceptors (Lipinski definition) is 4. The van der Waals surface area contributed by atoms with Crippen molar-refractivity contribution in [2.45, 2.75) is 0 Å². The molecule has 0 amide bonds. The van der Waals surface area contributed by atoms with Crippen molar-refractivity contribution in [3.05, 3.63) is 90.0 Å². The number of nitrogens with one attached hydrogen (secondary N) is 1. The molecule has 0 aliphatic heterocycles. The molecule has 0 spiro atoms. The average Bonchev–Trinajstić information content (AvgIpc) is 3.16. The zero-order chi connectivity index (χ0) is 20.0. The molecule has 0 aliphatic rings. The summed E-state index contributed by atoms with van der Waals surface area (Å²) in [6, 6.07) is 10.7. The van der Waals surface area contributed by atoms with Crippen molar-refractivity contribution in [2.75, 3.05) is 0 Å². The summed E-state index contributed by atoms with van der Waals surface area (Å²) in [6.45, 7) is 0. The van der Waals surface area contributed by atoms with E-state index in [1.807, 2.05) is 18.2 Å². The molecule has 3 heterocycles. The highest BCUT2D eigenvalue weighted by Gasteiger charge is 2.22. The monoisotopic (exact) mass is 386 g/mol. The molecule has 3 aromatic heterocycles. The third-order valence-corrected chi connectivity index (χ3v) is 4.77. The number of benzene rings is 2. The number of halogens is 2. The van der Waals surface area contributed by atoms with Crippen LogP contribution in [0.2, 0.25) is 0 Å². The van der Waals surface area contributed by atoms with Gasteiger partial charge in [-0.1, -0.05) is 12.1 Å². The molecule has 0 fully saturated rings. The van der Waals surface area contributed by atoms with Gasteiger partial charge in [-0.05, 0) is 35.9 Å². The Kier molecular flexibility index (Phi) is 3.87. The molecule has 0 radical (unpaired) electrons. The van der Waals surface area contributed by atoms with Crippen LogP contribution < -0.4 is 0 Å². The lowest BCUT2D eigenvalue weighted by Gasteiger charge is -2.05. The summed E-state index contributed by atoms with van der Waals surface area (Å²) in [5, 5.41) is 0.481. The van der Waals surface area contributed by atoms with Crippen molar-refractivity contribution in [3.8, 4) is 11.1 Å². The van der Waals surface area contributed by atoms with Crippen LogP contribution in [0.25, 0.3) is 33.2 Å². The van der Waals surface area contributed by atoms with Crippen LogP contribution in [0.1, 0.15) is 15.9 Å². The van der Waals surface area contributed by atoms with Gasteiger partial charge in [0.25, 0.3) is 0 Å². The number of rotatable bonds is 3. The molecule has 7 heteroatoms. The van der Waals surface area contributed by atoms with Crippen molar-refractivity contribution < 1.29 is 13.6 Å². The predicted octanol–water partition coefficient (Wildman–Crippen LogP) is 4.68. The largest absolute Gasteiger partial charge is 0.345 e. The molecule has 1 N–H and O–H groups in total. The topological polar surface area (TPSA) is 71.5 Å². The van der Waals surface area contributed by atoms with Gasteiger partial charge in [0.2, 0.25) is 5.78 Å². The van der Waals surface area contributed by atoms with Crippen LogP contribution in [0.3, 0.4) is 0 Å². The third-order valence-electron chi connectivity index (χ3n) is 4.77. The molecule has 5 aromatic rings. The lowest BCUT2D eigenvalue weighted by Crippen LogP contribution is -2.07. The fraction of sp³-hybridized carbons (Fsp3) is 0. The highest BCUT2D eigenvalue weighted by atomic mass is 19.1. The van der Waals surface area contributed by atoms with E-state index in [9.17, 15) is 13.6 Å². The van der Waals surface area contributed by atoms with Gasteiger partial charge in [0, 0.05) is 41.3 Å². The number of carbonyl (C=O) groups is 1. The summed E-state index contributed by atoms with van der Waals surface area (Å²) in [5.74, 6) is -2.54. The summed E-state index contributed by atoms with van der Waals surface area (Å²) in [4.78, 5) is 28.6. The van der Waals surface area contributed by atoms with Crippen molar-refractivity contribution in [2.24, 2.45) is 0 Å². The van der Waals surface area contributed by atoms with E-state index in [2.05, 4.69) is 19.9 Å². The minimum atomic E-state index is -0.901. The third kappa shape index (κ3) is 2.84. The van der Waals surface area contributed by atoms with Crippen LogP contribution in [-0.2, 0) is 0 Å². The highest BCUT2D eigenvalue weighted by molar-refractivity contribution is 6.16. The molecule has 5 rings (SSSR count). The smallest absolute Gasteiger partial charge is 0.201 e. The Bertz CT molecular complexity index is 1390. The maximum atomic E-state index is 14.1. The van der Waals surface area contributed by atoms with E-state index in [0.717, 1.165) is 34.3 Å². The van der Waals surface area contributed by atoms with E-state index >= 15 is 0 Å². The van der Waals surface area contributed by atoms with E-state index in [1.165, 1.54) is 12.3 Å². The fourth-order valence-electron chi connectivity index (χ4n) is 3.34. The molecule has 140 valence electrons. The van der Waals surface area contributed by atoms with Crippen molar-refractivity contribution in [3.63, 3.8) is 0 Å². The number of carbonyl (C=O) groups excluding carboxylic acids is 1. The Morgan fingerprint density at radius 3 is 2.41 bits per heavy atom. The number of aromatic amines is 1. The first kappa shape index (κ1) is 17.1. The van der Waals surface area contributed by atoms with Crippen molar-refractivity contribution >= 4 is 27.9 Å². The first-order valence-electron chi connectivity index (χ1n) is 8.79. The number of H-pyrrole nitrogens is 1. The zero-order valence-corrected chi connectivity index (χ0v) is 14.9. The second-order valence-corrected chi connectivity index (χ2v) is 6.51. The number of nitrogens with zero attached hydrogens (tertiary/aromatic N) is 3. The molecule has 0 atom stereocenters. The normalized spacial score (nSPS) is 11.2. The Labute approximate surface area is 163 Å². The predicted molar refractivity (Wildman–Crippen MR) is 104 cm³/mol. The number of fused-ring (bicyclic) bond motifs is 2. The van der Waals surface area contributed by atoms with Gasteiger partial charge >= 0.3 is 0 Å². The van der Waals surface area contributed by atoms with Crippen LogP contribution in [0, 0.1) is 11.6 Å². The van der Waals surface area contributed by atoms with Crippen LogP contribution >= 0.6 is 0 Å². The molecular formula is C22H12F2N4O. The summed E-state index contributed by atoms with van der Waals surface area (Å²) in [6.07, 6.45) is 6.31. The minimum Gasteiger partial charge on any atom is -0.345 e. The second-order valence-electron chi connectivity index (χ2n) is 6.51. The van der Waals surface area contributed by atoms with Gasteiger partial charge < -0.3 is 4.98 Å². The second kappa shape index (κ2) is 6.56. The minimum absolute atomic E-state index is 0.152.